The molecule has 8 heteroatoms. The molecule has 1 aromatic heterocycles. The van der Waals surface area contributed by atoms with Crippen molar-refractivity contribution in [3.05, 3.63) is 78.3 Å². The molecule has 0 saturated heterocycles. The maximum atomic E-state index is 12.8. The number of carbonyl (C=O) groups is 1. The fraction of sp³-hybridized carbons (Fsp3) is 0.292. The summed E-state index contributed by atoms with van der Waals surface area (Å²) in [6.45, 7) is 2.77. The third kappa shape index (κ3) is 6.70. The van der Waals surface area contributed by atoms with Gasteiger partial charge in [0.05, 0.1) is 29.9 Å². The first kappa shape index (κ1) is 23.6. The molecule has 0 spiro atoms. The number of sulfonamides is 1. The topological polar surface area (TPSA) is 97.6 Å². The summed E-state index contributed by atoms with van der Waals surface area (Å²) >= 11 is 0. The van der Waals surface area contributed by atoms with Crippen molar-refractivity contribution in [1.82, 2.24) is 4.72 Å². The molecule has 0 aliphatic carbocycles. The Labute approximate surface area is 188 Å². The lowest BCUT2D eigenvalue weighted by atomic mass is 10.1. The van der Waals surface area contributed by atoms with Crippen LogP contribution in [0.1, 0.15) is 48.7 Å². The van der Waals surface area contributed by atoms with Crippen LogP contribution in [0.3, 0.4) is 0 Å². The third-order valence-corrected chi connectivity index (χ3v) is 6.24. The average Bonchev–Trinajstić information content (AvgIpc) is 3.32. The summed E-state index contributed by atoms with van der Waals surface area (Å²) in [6, 6.07) is 16.4. The molecule has 0 fully saturated rings. The number of amides is 1. The van der Waals surface area contributed by atoms with Crippen molar-refractivity contribution in [2.75, 3.05) is 11.9 Å². The number of anilines is 1. The van der Waals surface area contributed by atoms with Gasteiger partial charge in [0.2, 0.25) is 10.0 Å². The summed E-state index contributed by atoms with van der Waals surface area (Å²) in [5.74, 6) is 0.729. The van der Waals surface area contributed by atoms with E-state index in [1.807, 2.05) is 6.07 Å². The quantitative estimate of drug-likeness (QED) is 0.375. The molecular weight excluding hydrogens is 428 g/mol. The highest BCUT2D eigenvalue weighted by atomic mass is 32.2. The lowest BCUT2D eigenvalue weighted by Gasteiger charge is -2.12. The first-order valence-electron chi connectivity index (χ1n) is 10.6. The van der Waals surface area contributed by atoms with Gasteiger partial charge in [0.15, 0.2) is 0 Å². The zero-order chi connectivity index (χ0) is 22.8. The molecule has 170 valence electrons. The molecule has 0 radical (unpaired) electrons. The van der Waals surface area contributed by atoms with E-state index in [2.05, 4.69) is 17.0 Å². The van der Waals surface area contributed by atoms with E-state index in [4.69, 9.17) is 9.15 Å². The predicted octanol–water partition coefficient (Wildman–Crippen LogP) is 4.97. The number of ether oxygens (including phenoxy) is 1. The van der Waals surface area contributed by atoms with E-state index in [1.54, 1.807) is 42.5 Å². The van der Waals surface area contributed by atoms with Gasteiger partial charge < -0.3 is 14.5 Å². The fourth-order valence-corrected chi connectivity index (χ4v) is 4.06. The number of para-hydroxylation sites is 1. The van der Waals surface area contributed by atoms with Crippen LogP contribution < -0.4 is 14.8 Å². The van der Waals surface area contributed by atoms with Gasteiger partial charge in [-0.1, -0.05) is 38.3 Å². The molecular formula is C24H28N2O5S. The van der Waals surface area contributed by atoms with Crippen molar-refractivity contribution in [2.24, 2.45) is 0 Å². The molecule has 0 bridgehead atoms. The van der Waals surface area contributed by atoms with Crippen molar-refractivity contribution in [1.29, 1.82) is 0 Å². The van der Waals surface area contributed by atoms with Crippen LogP contribution in [0.25, 0.3) is 0 Å². The van der Waals surface area contributed by atoms with E-state index in [9.17, 15) is 13.2 Å². The number of benzene rings is 2. The van der Waals surface area contributed by atoms with Gasteiger partial charge in [-0.2, -0.15) is 0 Å². The summed E-state index contributed by atoms with van der Waals surface area (Å²) in [6.07, 6.45) is 5.83. The molecule has 0 atom stereocenters. The molecule has 7 nitrogen and oxygen atoms in total. The van der Waals surface area contributed by atoms with Crippen LogP contribution in [0.5, 0.6) is 5.75 Å². The lowest BCUT2D eigenvalue weighted by Crippen LogP contribution is -2.23. The smallest absolute Gasteiger partial charge is 0.259 e. The van der Waals surface area contributed by atoms with Gasteiger partial charge in [-0.25, -0.2) is 13.1 Å². The van der Waals surface area contributed by atoms with Crippen molar-refractivity contribution in [2.45, 2.75) is 44.0 Å². The summed E-state index contributed by atoms with van der Waals surface area (Å²) in [7, 11) is -3.70. The maximum absolute atomic E-state index is 12.8. The maximum Gasteiger partial charge on any atom is 0.259 e. The van der Waals surface area contributed by atoms with Crippen LogP contribution in [0.2, 0.25) is 0 Å². The van der Waals surface area contributed by atoms with Gasteiger partial charge in [-0.05, 0) is 55.0 Å². The summed E-state index contributed by atoms with van der Waals surface area (Å²) in [4.78, 5) is 12.8. The number of carbonyl (C=O) groups excluding carboxylic acids is 1. The van der Waals surface area contributed by atoms with Gasteiger partial charge >= 0.3 is 0 Å². The van der Waals surface area contributed by atoms with E-state index in [0.29, 0.717) is 29.4 Å². The molecule has 2 N–H and O–H groups in total. The van der Waals surface area contributed by atoms with Crippen molar-refractivity contribution in [3.63, 3.8) is 0 Å². The van der Waals surface area contributed by atoms with Crippen LogP contribution in [0, 0.1) is 0 Å². The second-order valence-corrected chi connectivity index (χ2v) is 9.05. The first-order valence-corrected chi connectivity index (χ1v) is 12.1. The van der Waals surface area contributed by atoms with E-state index < -0.39 is 10.0 Å². The normalized spacial score (nSPS) is 11.3. The van der Waals surface area contributed by atoms with Crippen molar-refractivity contribution >= 4 is 21.6 Å². The molecule has 3 rings (SSSR count). The van der Waals surface area contributed by atoms with Gasteiger partial charge in [-0.3, -0.25) is 4.79 Å². The average molecular weight is 457 g/mol. The van der Waals surface area contributed by atoms with Crippen LogP contribution >= 0.6 is 0 Å². The largest absolute Gasteiger partial charge is 0.493 e. The predicted molar refractivity (Wildman–Crippen MR) is 123 cm³/mol. The number of nitrogens with one attached hydrogen (secondary N) is 2. The highest BCUT2D eigenvalue weighted by Crippen LogP contribution is 2.21. The Balaban J connectivity index is 1.60. The zero-order valence-corrected chi connectivity index (χ0v) is 18.9. The minimum Gasteiger partial charge on any atom is -0.493 e. The minimum atomic E-state index is -3.70. The third-order valence-electron chi connectivity index (χ3n) is 4.83. The Kier molecular flexibility index (Phi) is 8.47. The van der Waals surface area contributed by atoms with E-state index >= 15 is 0 Å². The molecule has 0 unspecified atom stereocenters. The molecule has 2 aromatic carbocycles. The van der Waals surface area contributed by atoms with Gasteiger partial charge in [0, 0.05) is 5.69 Å². The Morgan fingerprint density at radius 1 is 0.969 bits per heavy atom. The molecule has 1 heterocycles. The summed E-state index contributed by atoms with van der Waals surface area (Å²) < 4.78 is 38.3. The number of hydrogen-bond donors (Lipinski definition) is 2. The second kappa shape index (κ2) is 11.5. The van der Waals surface area contributed by atoms with E-state index in [-0.39, 0.29) is 17.3 Å². The van der Waals surface area contributed by atoms with Crippen molar-refractivity contribution in [3.8, 4) is 5.75 Å². The Morgan fingerprint density at radius 3 is 2.47 bits per heavy atom. The Morgan fingerprint density at radius 2 is 1.75 bits per heavy atom. The van der Waals surface area contributed by atoms with E-state index in [0.717, 1.165) is 25.7 Å². The monoisotopic (exact) mass is 456 g/mol. The number of rotatable bonds is 12. The number of hydrogen-bond acceptors (Lipinski definition) is 5. The minimum absolute atomic E-state index is 0.0586. The SMILES string of the molecule is CCCCCCOc1ccccc1C(=O)Nc1ccc(S(=O)(=O)NCc2ccco2)cc1. The van der Waals surface area contributed by atoms with Crippen molar-refractivity contribution < 1.29 is 22.4 Å². The molecule has 3 aromatic rings. The number of unbranched alkanes of at least 4 members (excludes halogenated alkanes) is 3. The summed E-state index contributed by atoms with van der Waals surface area (Å²) in [5, 5.41) is 2.79. The molecule has 32 heavy (non-hydrogen) atoms. The molecule has 0 saturated carbocycles. The highest BCUT2D eigenvalue weighted by molar-refractivity contribution is 7.89. The molecule has 1 amide bonds. The standard InChI is InChI=1S/C24H28N2O5S/c1-2-3-4-7-16-31-23-11-6-5-10-22(23)24(27)26-19-12-14-21(15-13-19)32(28,29)25-18-20-9-8-17-30-20/h5-6,8-15,17,25H,2-4,7,16,18H2,1H3,(H,26,27). The zero-order valence-electron chi connectivity index (χ0n) is 18.0. The highest BCUT2D eigenvalue weighted by Gasteiger charge is 2.16. The second-order valence-electron chi connectivity index (χ2n) is 7.29. The van der Waals surface area contributed by atoms with Gasteiger partial charge in [0.1, 0.15) is 11.5 Å². The first-order chi connectivity index (χ1) is 15.5. The lowest BCUT2D eigenvalue weighted by molar-refractivity contribution is 0.102. The van der Waals surface area contributed by atoms with Gasteiger partial charge in [-0.15, -0.1) is 0 Å². The molecule has 0 aliphatic rings. The molecule has 0 aliphatic heterocycles. The fourth-order valence-electron chi connectivity index (χ4n) is 3.07. The van der Waals surface area contributed by atoms with Crippen LogP contribution in [0.15, 0.2) is 76.2 Å². The van der Waals surface area contributed by atoms with Crippen LogP contribution in [-0.2, 0) is 16.6 Å². The van der Waals surface area contributed by atoms with Crippen LogP contribution in [0.4, 0.5) is 5.69 Å². The Hall–Kier alpha value is -3.10. The number of furan rings is 1. The Bertz CT molecular complexity index is 1090. The van der Waals surface area contributed by atoms with E-state index in [1.165, 1.54) is 18.4 Å². The van der Waals surface area contributed by atoms with Crippen LogP contribution in [-0.4, -0.2) is 20.9 Å². The summed E-state index contributed by atoms with van der Waals surface area (Å²) in [5.41, 5.74) is 0.914. The van der Waals surface area contributed by atoms with Gasteiger partial charge in [0.25, 0.3) is 5.91 Å².